The molecule has 0 fully saturated rings. The zero-order valence-corrected chi connectivity index (χ0v) is 14.4. The minimum atomic E-state index is -0.591. The molecular formula is C15H16N8O4. The highest BCUT2D eigenvalue weighted by molar-refractivity contribution is 5.94. The molecule has 2 aromatic heterocycles. The van der Waals surface area contributed by atoms with Crippen LogP contribution in [0.15, 0.2) is 27.9 Å². The summed E-state index contributed by atoms with van der Waals surface area (Å²) in [4.78, 5) is 12.4. The Hall–Kier alpha value is -3.96. The summed E-state index contributed by atoms with van der Waals surface area (Å²) in [6.07, 6.45) is 1.70. The second-order valence-corrected chi connectivity index (χ2v) is 5.22. The number of phenolic OH excluding ortho intramolecular Hbond substituents is 1. The molecule has 0 spiro atoms. The zero-order chi connectivity index (χ0) is 19.4. The molecule has 1 aromatic carbocycles. The van der Waals surface area contributed by atoms with Crippen LogP contribution in [0.25, 0.3) is 5.82 Å². The highest BCUT2D eigenvalue weighted by Gasteiger charge is 2.22. The van der Waals surface area contributed by atoms with Crippen LogP contribution in [0.4, 0.5) is 5.82 Å². The molecule has 27 heavy (non-hydrogen) atoms. The summed E-state index contributed by atoms with van der Waals surface area (Å²) in [5, 5.41) is 28.7. The van der Waals surface area contributed by atoms with Gasteiger partial charge in [0.1, 0.15) is 0 Å². The van der Waals surface area contributed by atoms with E-state index in [0.29, 0.717) is 23.4 Å². The Morgan fingerprint density at radius 2 is 2.30 bits per heavy atom. The van der Waals surface area contributed by atoms with Crippen LogP contribution in [-0.2, 0) is 6.42 Å². The lowest BCUT2D eigenvalue weighted by molar-refractivity contribution is 0.0949. The number of para-hydroxylation sites is 1. The SMILES string of the molecule is CCc1c(C(=O)N/N=C/c2cccc(OC)c2O)nnn1-c1nonc1N. The van der Waals surface area contributed by atoms with Gasteiger partial charge in [0.2, 0.25) is 11.6 Å². The number of rotatable bonds is 6. The third kappa shape index (κ3) is 3.40. The standard InChI is InChI=1S/C15H16N8O4/c1-3-9-11(18-22-23(9)14-13(16)20-27-21-14)15(25)19-17-7-8-5-4-6-10(26-2)12(8)24/h4-7,24H,3H2,1-2H3,(H2,16,20)(H,19,25)/b17-7+. The van der Waals surface area contributed by atoms with Crippen molar-refractivity contribution in [1.29, 1.82) is 0 Å². The van der Waals surface area contributed by atoms with Crippen LogP contribution in [-0.4, -0.2) is 49.6 Å². The smallest absolute Gasteiger partial charge is 0.293 e. The average molecular weight is 372 g/mol. The molecule has 3 aromatic rings. The normalized spacial score (nSPS) is 11.0. The van der Waals surface area contributed by atoms with Crippen molar-refractivity contribution in [3.63, 3.8) is 0 Å². The average Bonchev–Trinajstić information content (AvgIpc) is 3.28. The quantitative estimate of drug-likeness (QED) is 0.406. The largest absolute Gasteiger partial charge is 0.504 e. The summed E-state index contributed by atoms with van der Waals surface area (Å²) in [6, 6.07) is 4.89. The molecule has 0 saturated heterocycles. The first-order valence-corrected chi connectivity index (χ1v) is 7.79. The number of methoxy groups -OCH3 is 1. The molecule has 2 heterocycles. The molecule has 0 aliphatic heterocycles. The molecule has 0 saturated carbocycles. The van der Waals surface area contributed by atoms with Gasteiger partial charge in [0, 0.05) is 5.56 Å². The fourth-order valence-corrected chi connectivity index (χ4v) is 2.32. The van der Waals surface area contributed by atoms with E-state index in [1.807, 2.05) is 6.92 Å². The molecule has 1 amide bonds. The lowest BCUT2D eigenvalue weighted by Crippen LogP contribution is -2.20. The Morgan fingerprint density at radius 1 is 1.48 bits per heavy atom. The van der Waals surface area contributed by atoms with Crippen LogP contribution >= 0.6 is 0 Å². The number of phenols is 1. The predicted molar refractivity (Wildman–Crippen MR) is 92.7 cm³/mol. The van der Waals surface area contributed by atoms with Crippen molar-refractivity contribution in [3.05, 3.63) is 35.2 Å². The number of nitrogen functional groups attached to an aromatic ring is 1. The maximum absolute atomic E-state index is 12.4. The van der Waals surface area contributed by atoms with Crippen LogP contribution in [0.2, 0.25) is 0 Å². The molecule has 140 valence electrons. The van der Waals surface area contributed by atoms with E-state index in [2.05, 4.69) is 35.8 Å². The van der Waals surface area contributed by atoms with Crippen molar-refractivity contribution in [2.75, 3.05) is 12.8 Å². The minimum Gasteiger partial charge on any atom is -0.504 e. The van der Waals surface area contributed by atoms with Gasteiger partial charge in [0.05, 0.1) is 19.0 Å². The van der Waals surface area contributed by atoms with Crippen LogP contribution in [0, 0.1) is 0 Å². The Morgan fingerprint density at radius 3 is 2.96 bits per heavy atom. The second kappa shape index (κ2) is 7.51. The lowest BCUT2D eigenvalue weighted by Gasteiger charge is -2.05. The van der Waals surface area contributed by atoms with Crippen molar-refractivity contribution in [3.8, 4) is 17.3 Å². The number of nitrogens with zero attached hydrogens (tertiary/aromatic N) is 6. The maximum atomic E-state index is 12.4. The molecule has 4 N–H and O–H groups in total. The Bertz CT molecular complexity index is 994. The van der Waals surface area contributed by atoms with Gasteiger partial charge in [0.15, 0.2) is 17.2 Å². The van der Waals surface area contributed by atoms with E-state index < -0.39 is 5.91 Å². The molecule has 0 atom stereocenters. The number of nitrogens with two attached hydrogens (primary N) is 1. The molecule has 0 bridgehead atoms. The van der Waals surface area contributed by atoms with Crippen molar-refractivity contribution in [1.82, 2.24) is 30.7 Å². The number of hydrazone groups is 1. The van der Waals surface area contributed by atoms with Gasteiger partial charge in [-0.25, -0.2) is 10.1 Å². The molecule has 0 aliphatic rings. The molecule has 12 nitrogen and oxygen atoms in total. The summed E-state index contributed by atoms with van der Waals surface area (Å²) < 4.78 is 10.8. The monoisotopic (exact) mass is 372 g/mol. The third-order valence-electron chi connectivity index (χ3n) is 3.63. The fourth-order valence-electron chi connectivity index (χ4n) is 2.32. The number of aromatic nitrogens is 5. The van der Waals surface area contributed by atoms with E-state index in [1.54, 1.807) is 18.2 Å². The van der Waals surface area contributed by atoms with E-state index in [1.165, 1.54) is 18.0 Å². The number of benzene rings is 1. The number of anilines is 1. The second-order valence-electron chi connectivity index (χ2n) is 5.22. The van der Waals surface area contributed by atoms with Gasteiger partial charge in [-0.1, -0.05) is 18.2 Å². The highest BCUT2D eigenvalue weighted by Crippen LogP contribution is 2.27. The van der Waals surface area contributed by atoms with Gasteiger partial charge >= 0.3 is 0 Å². The molecule has 3 rings (SSSR count). The van der Waals surface area contributed by atoms with Crippen LogP contribution < -0.4 is 15.9 Å². The highest BCUT2D eigenvalue weighted by atomic mass is 16.6. The third-order valence-corrected chi connectivity index (χ3v) is 3.63. The van der Waals surface area contributed by atoms with Gasteiger partial charge in [0.25, 0.3) is 5.91 Å². The molecule has 0 aliphatic carbocycles. The van der Waals surface area contributed by atoms with Crippen LogP contribution in [0.3, 0.4) is 0 Å². The lowest BCUT2D eigenvalue weighted by atomic mass is 10.2. The Labute approximate surface area is 152 Å². The van der Waals surface area contributed by atoms with Crippen molar-refractivity contribution >= 4 is 17.9 Å². The first-order chi connectivity index (χ1) is 13.1. The molecule has 12 heteroatoms. The van der Waals surface area contributed by atoms with Crippen LogP contribution in [0.1, 0.15) is 28.7 Å². The zero-order valence-electron chi connectivity index (χ0n) is 14.4. The summed E-state index contributed by atoms with van der Waals surface area (Å²) in [5.41, 5.74) is 8.85. The number of aromatic hydroxyl groups is 1. The maximum Gasteiger partial charge on any atom is 0.293 e. The summed E-state index contributed by atoms with van der Waals surface area (Å²) in [7, 11) is 1.44. The number of nitrogens with one attached hydrogen (secondary N) is 1. The number of hydrogen-bond acceptors (Lipinski definition) is 10. The number of amides is 1. The number of ether oxygens (including phenoxy) is 1. The minimum absolute atomic E-state index is 0.0214. The van der Waals surface area contributed by atoms with E-state index in [4.69, 9.17) is 10.5 Å². The molecule has 0 unspecified atom stereocenters. The summed E-state index contributed by atoms with van der Waals surface area (Å²) in [5.74, 6) is -0.226. The molecular weight excluding hydrogens is 356 g/mol. The van der Waals surface area contributed by atoms with E-state index in [9.17, 15) is 9.90 Å². The Kier molecular flexibility index (Phi) is 4.97. The van der Waals surface area contributed by atoms with Crippen molar-refractivity contribution < 1.29 is 19.3 Å². The topological polar surface area (TPSA) is 167 Å². The van der Waals surface area contributed by atoms with Gasteiger partial charge in [-0.2, -0.15) is 9.78 Å². The van der Waals surface area contributed by atoms with Gasteiger partial charge in [-0.15, -0.1) is 5.10 Å². The number of carbonyl (C=O) groups excluding carboxylic acids is 1. The van der Waals surface area contributed by atoms with Crippen molar-refractivity contribution in [2.24, 2.45) is 5.10 Å². The van der Waals surface area contributed by atoms with E-state index in [0.717, 1.165) is 0 Å². The first-order valence-electron chi connectivity index (χ1n) is 7.79. The summed E-state index contributed by atoms with van der Waals surface area (Å²) >= 11 is 0. The van der Waals surface area contributed by atoms with E-state index in [-0.39, 0.29) is 23.1 Å². The van der Waals surface area contributed by atoms with E-state index >= 15 is 0 Å². The Balaban J connectivity index is 1.79. The van der Waals surface area contributed by atoms with Gasteiger partial charge in [-0.05, 0) is 28.9 Å². The fraction of sp³-hybridized carbons (Fsp3) is 0.200. The number of hydrogen-bond donors (Lipinski definition) is 3. The van der Waals surface area contributed by atoms with Crippen molar-refractivity contribution in [2.45, 2.75) is 13.3 Å². The van der Waals surface area contributed by atoms with Crippen LogP contribution in [0.5, 0.6) is 11.5 Å². The molecule has 0 radical (unpaired) electrons. The summed E-state index contributed by atoms with van der Waals surface area (Å²) in [6.45, 7) is 1.81. The van der Waals surface area contributed by atoms with Gasteiger partial charge < -0.3 is 15.6 Å². The predicted octanol–water partition coefficient (Wildman–Crippen LogP) is 0.273. The number of carbonyl (C=O) groups is 1. The first kappa shape index (κ1) is 17.8. The van der Waals surface area contributed by atoms with Gasteiger partial charge in [-0.3, -0.25) is 4.79 Å².